The summed E-state index contributed by atoms with van der Waals surface area (Å²) >= 11 is 0. The Morgan fingerprint density at radius 3 is 2.50 bits per heavy atom. The lowest BCUT2D eigenvalue weighted by atomic mass is 9.98. The summed E-state index contributed by atoms with van der Waals surface area (Å²) in [5.74, 6) is 0.307. The maximum absolute atomic E-state index is 12.6. The van der Waals surface area contributed by atoms with E-state index in [2.05, 4.69) is 6.92 Å². The average Bonchev–Trinajstić information content (AvgIpc) is 2.77. The topological polar surface area (TPSA) is 80.5 Å². The zero-order valence-corrected chi connectivity index (χ0v) is 13.7. The third kappa shape index (κ3) is 4.45. The van der Waals surface area contributed by atoms with Crippen molar-refractivity contribution in [3.63, 3.8) is 0 Å². The molecule has 5 nitrogen and oxygen atoms in total. The first-order valence-electron chi connectivity index (χ1n) is 7.58. The van der Waals surface area contributed by atoms with E-state index in [9.17, 15) is 13.2 Å². The number of unbranched alkanes of at least 4 members (excludes halogenated alkanes) is 1. The molecule has 6 heteroatoms. The Kier molecular flexibility index (Phi) is 6.45. The molecule has 118 valence electrons. The van der Waals surface area contributed by atoms with Crippen LogP contribution in [0.15, 0.2) is 0 Å². The Labute approximate surface area is 122 Å². The van der Waals surface area contributed by atoms with Crippen molar-refractivity contribution in [3.05, 3.63) is 0 Å². The number of nitrogens with two attached hydrogens (primary N) is 1. The minimum atomic E-state index is -2.99. The number of carbonyl (C=O) groups excluding carboxylic acids is 1. The molecule has 2 N–H and O–H groups in total. The molecule has 1 fully saturated rings. The lowest BCUT2D eigenvalue weighted by Gasteiger charge is -2.32. The Bertz CT molecular complexity index is 422. The highest BCUT2D eigenvalue weighted by Gasteiger charge is 2.36. The van der Waals surface area contributed by atoms with Crippen LogP contribution in [0.5, 0.6) is 0 Å². The van der Waals surface area contributed by atoms with Gasteiger partial charge in [0.15, 0.2) is 9.84 Å². The quantitative estimate of drug-likeness (QED) is 0.766. The molecular weight excluding hydrogens is 276 g/mol. The smallest absolute Gasteiger partial charge is 0.240 e. The number of nitrogens with zero attached hydrogens (tertiary/aromatic N) is 1. The summed E-state index contributed by atoms with van der Waals surface area (Å²) in [4.78, 5) is 14.3. The highest BCUT2D eigenvalue weighted by molar-refractivity contribution is 7.91. The fraction of sp³-hybridized carbons (Fsp3) is 0.929. The molecule has 1 rings (SSSR count). The van der Waals surface area contributed by atoms with Crippen molar-refractivity contribution >= 4 is 15.7 Å². The van der Waals surface area contributed by atoms with Gasteiger partial charge >= 0.3 is 0 Å². The van der Waals surface area contributed by atoms with Crippen LogP contribution in [-0.4, -0.2) is 49.4 Å². The molecule has 0 aromatic heterocycles. The van der Waals surface area contributed by atoms with Gasteiger partial charge in [0.1, 0.15) is 0 Å². The van der Waals surface area contributed by atoms with Crippen LogP contribution in [0.4, 0.5) is 0 Å². The molecular formula is C14H28N2O3S. The summed E-state index contributed by atoms with van der Waals surface area (Å²) in [6.07, 6.45) is 3.25. The van der Waals surface area contributed by atoms with E-state index in [1.54, 1.807) is 4.90 Å². The Morgan fingerprint density at radius 2 is 2.05 bits per heavy atom. The van der Waals surface area contributed by atoms with Gasteiger partial charge < -0.3 is 10.6 Å². The van der Waals surface area contributed by atoms with E-state index in [-0.39, 0.29) is 29.4 Å². The summed E-state index contributed by atoms with van der Waals surface area (Å²) < 4.78 is 23.3. The van der Waals surface area contributed by atoms with Gasteiger partial charge in [0, 0.05) is 12.6 Å². The normalized spacial score (nSPS) is 24.3. The van der Waals surface area contributed by atoms with E-state index in [1.165, 1.54) is 0 Å². The van der Waals surface area contributed by atoms with E-state index in [4.69, 9.17) is 5.73 Å². The summed E-state index contributed by atoms with van der Waals surface area (Å²) in [5.41, 5.74) is 6.04. The Hall–Kier alpha value is -0.620. The van der Waals surface area contributed by atoms with Crippen molar-refractivity contribution in [1.29, 1.82) is 0 Å². The molecule has 0 bridgehead atoms. The van der Waals surface area contributed by atoms with Crippen molar-refractivity contribution in [2.45, 2.75) is 58.5 Å². The molecule has 1 heterocycles. The second kappa shape index (κ2) is 7.41. The summed E-state index contributed by atoms with van der Waals surface area (Å²) in [7, 11) is -2.99. The van der Waals surface area contributed by atoms with Crippen LogP contribution in [0.1, 0.15) is 46.5 Å². The largest absolute Gasteiger partial charge is 0.337 e. The number of hydrogen-bond donors (Lipinski definition) is 1. The summed E-state index contributed by atoms with van der Waals surface area (Å²) in [6, 6.07) is -0.714. The third-order valence-corrected chi connectivity index (χ3v) is 5.98. The standard InChI is InChI=1S/C14H28N2O3S/c1-4-6-8-16(12-7-9-20(18,19)10-12)14(17)13(15)11(3)5-2/h11-13H,4-10,15H2,1-3H3/t11?,12?,13-/m0/s1. The molecule has 1 saturated heterocycles. The second-order valence-corrected chi connectivity index (χ2v) is 8.08. The van der Waals surface area contributed by atoms with Crippen LogP contribution in [-0.2, 0) is 14.6 Å². The molecule has 1 aliphatic heterocycles. The maximum atomic E-state index is 12.6. The minimum Gasteiger partial charge on any atom is -0.337 e. The van der Waals surface area contributed by atoms with E-state index >= 15 is 0 Å². The predicted molar refractivity (Wildman–Crippen MR) is 81.1 cm³/mol. The molecule has 0 aromatic rings. The van der Waals surface area contributed by atoms with Crippen molar-refractivity contribution < 1.29 is 13.2 Å². The Balaban J connectivity index is 2.81. The summed E-state index contributed by atoms with van der Waals surface area (Å²) in [5, 5.41) is 0. The molecule has 0 radical (unpaired) electrons. The van der Waals surface area contributed by atoms with Crippen LogP contribution >= 0.6 is 0 Å². The molecule has 0 aliphatic carbocycles. The molecule has 0 aromatic carbocycles. The van der Waals surface area contributed by atoms with Gasteiger partial charge in [-0.05, 0) is 18.8 Å². The zero-order chi connectivity index (χ0) is 15.3. The predicted octanol–water partition coefficient (Wildman–Crippen LogP) is 1.18. The molecule has 1 amide bonds. The van der Waals surface area contributed by atoms with Gasteiger partial charge in [0.05, 0.1) is 17.5 Å². The lowest BCUT2D eigenvalue weighted by molar-refractivity contribution is -0.135. The minimum absolute atomic E-state index is 0.0881. The molecule has 0 saturated carbocycles. The van der Waals surface area contributed by atoms with Gasteiger partial charge in [-0.15, -0.1) is 0 Å². The SMILES string of the molecule is CCCCN(C(=O)[C@@H](N)C(C)CC)C1CCS(=O)(=O)C1. The van der Waals surface area contributed by atoms with Crippen LogP contribution in [0, 0.1) is 5.92 Å². The van der Waals surface area contributed by atoms with Gasteiger partial charge in [-0.1, -0.05) is 33.6 Å². The van der Waals surface area contributed by atoms with Gasteiger partial charge in [0.25, 0.3) is 0 Å². The summed E-state index contributed by atoms with van der Waals surface area (Å²) in [6.45, 7) is 6.64. The lowest BCUT2D eigenvalue weighted by Crippen LogP contribution is -2.51. The fourth-order valence-electron chi connectivity index (χ4n) is 2.51. The highest BCUT2D eigenvalue weighted by atomic mass is 32.2. The first-order chi connectivity index (χ1) is 9.32. The fourth-order valence-corrected chi connectivity index (χ4v) is 4.24. The molecule has 2 unspecified atom stereocenters. The van der Waals surface area contributed by atoms with Gasteiger partial charge in [0.2, 0.25) is 5.91 Å². The molecule has 0 spiro atoms. The number of hydrogen-bond acceptors (Lipinski definition) is 4. The first kappa shape index (κ1) is 17.4. The molecule has 20 heavy (non-hydrogen) atoms. The number of amides is 1. The van der Waals surface area contributed by atoms with Gasteiger partial charge in [-0.2, -0.15) is 0 Å². The highest BCUT2D eigenvalue weighted by Crippen LogP contribution is 2.20. The molecule has 1 aliphatic rings. The maximum Gasteiger partial charge on any atom is 0.240 e. The van der Waals surface area contributed by atoms with Crippen molar-refractivity contribution in [3.8, 4) is 0 Å². The zero-order valence-electron chi connectivity index (χ0n) is 12.8. The number of carbonyl (C=O) groups is 1. The third-order valence-electron chi connectivity index (χ3n) is 4.23. The second-order valence-electron chi connectivity index (χ2n) is 5.85. The molecule has 3 atom stereocenters. The van der Waals surface area contributed by atoms with E-state index in [0.717, 1.165) is 19.3 Å². The van der Waals surface area contributed by atoms with Crippen molar-refractivity contribution in [1.82, 2.24) is 4.90 Å². The van der Waals surface area contributed by atoms with Crippen LogP contribution < -0.4 is 5.73 Å². The Morgan fingerprint density at radius 1 is 1.40 bits per heavy atom. The van der Waals surface area contributed by atoms with Gasteiger partial charge in [-0.25, -0.2) is 8.42 Å². The van der Waals surface area contributed by atoms with Crippen molar-refractivity contribution in [2.24, 2.45) is 11.7 Å². The van der Waals surface area contributed by atoms with E-state index in [0.29, 0.717) is 13.0 Å². The van der Waals surface area contributed by atoms with Crippen molar-refractivity contribution in [2.75, 3.05) is 18.1 Å². The van der Waals surface area contributed by atoms with Crippen LogP contribution in [0.3, 0.4) is 0 Å². The number of rotatable bonds is 7. The monoisotopic (exact) mass is 304 g/mol. The number of sulfone groups is 1. The van der Waals surface area contributed by atoms with Crippen LogP contribution in [0.2, 0.25) is 0 Å². The first-order valence-corrected chi connectivity index (χ1v) is 9.41. The van der Waals surface area contributed by atoms with Crippen LogP contribution in [0.25, 0.3) is 0 Å². The van der Waals surface area contributed by atoms with E-state index in [1.807, 2.05) is 13.8 Å². The average molecular weight is 304 g/mol. The van der Waals surface area contributed by atoms with E-state index < -0.39 is 15.9 Å². The van der Waals surface area contributed by atoms with Gasteiger partial charge in [-0.3, -0.25) is 4.79 Å².